The van der Waals surface area contributed by atoms with Crippen molar-refractivity contribution in [3.05, 3.63) is 87.3 Å². The van der Waals surface area contributed by atoms with Crippen LogP contribution in [0.1, 0.15) is 30.2 Å². The maximum atomic E-state index is 13.5. The third kappa shape index (κ3) is 4.87. The number of anilines is 1. The number of carbonyl (C=O) groups is 1. The van der Waals surface area contributed by atoms with Crippen LogP contribution in [-0.2, 0) is 29.9 Å². The Kier molecular flexibility index (Phi) is 7.26. The van der Waals surface area contributed by atoms with Crippen LogP contribution in [0.4, 0.5) is 5.69 Å². The molecule has 172 valence electrons. The Balaban J connectivity index is 1.49. The van der Waals surface area contributed by atoms with Crippen LogP contribution >= 0.6 is 22.6 Å². The highest BCUT2D eigenvalue weighted by molar-refractivity contribution is 14.1. The molecule has 4 rings (SSSR count). The van der Waals surface area contributed by atoms with E-state index < -0.39 is 11.5 Å². The van der Waals surface area contributed by atoms with Gasteiger partial charge in [-0.15, -0.1) is 5.10 Å². The first-order chi connectivity index (χ1) is 15.9. The lowest BCUT2D eigenvalue weighted by Gasteiger charge is -2.27. The molecule has 2 heterocycles. The Morgan fingerprint density at radius 2 is 2.03 bits per heavy atom. The summed E-state index contributed by atoms with van der Waals surface area (Å²) in [6, 6.07) is 15.5. The Morgan fingerprint density at radius 3 is 2.82 bits per heavy atom. The van der Waals surface area contributed by atoms with Crippen LogP contribution in [0.3, 0.4) is 0 Å². The summed E-state index contributed by atoms with van der Waals surface area (Å²) in [5.41, 5.74) is 1.55. The summed E-state index contributed by atoms with van der Waals surface area (Å²) in [4.78, 5) is 15.2. The number of fused-ring (bicyclic) bond motifs is 1. The smallest absolute Gasteiger partial charge is 0.264 e. The largest absolute Gasteiger partial charge is 0.396 e. The highest BCUT2D eigenvalue weighted by Gasteiger charge is 2.52. The van der Waals surface area contributed by atoms with Crippen molar-refractivity contribution in [1.29, 1.82) is 0 Å². The van der Waals surface area contributed by atoms with E-state index in [2.05, 4.69) is 32.9 Å². The molecule has 0 saturated carbocycles. The number of allylic oxidation sites excluding steroid dienone is 1. The monoisotopic (exact) mass is 558 g/mol. The van der Waals surface area contributed by atoms with E-state index in [-0.39, 0.29) is 12.5 Å². The predicted molar refractivity (Wildman–Crippen MR) is 134 cm³/mol. The van der Waals surface area contributed by atoms with Gasteiger partial charge < -0.3 is 15.1 Å². The molecular formula is C25H27IN4O3. The standard InChI is InChI=1S/C25H27IN4O3/c1-18(7-4-5-13-29-17-21(12-14-31)27-28-29)25(33)22-10-2-3-11-23(22)30(24(25)32)16-19-8-6-9-20(26)15-19/h2-4,6-11,15,17-18,31,33H,5,12-14,16H2,1H3/b7-4+/t18-,25+/m1/s1. The van der Waals surface area contributed by atoms with E-state index in [1.165, 1.54) is 0 Å². The molecule has 3 aromatic rings. The molecule has 0 unspecified atom stereocenters. The first-order valence-electron chi connectivity index (χ1n) is 11.0. The van der Waals surface area contributed by atoms with Gasteiger partial charge in [-0.1, -0.05) is 54.6 Å². The topological polar surface area (TPSA) is 91.5 Å². The number of aromatic nitrogens is 3. The van der Waals surface area contributed by atoms with Crippen LogP contribution in [0.5, 0.6) is 0 Å². The number of halogens is 1. The fourth-order valence-corrected chi connectivity index (χ4v) is 4.81. The lowest BCUT2D eigenvalue weighted by atomic mass is 9.83. The molecule has 2 atom stereocenters. The number of aliphatic hydroxyl groups is 2. The summed E-state index contributed by atoms with van der Waals surface area (Å²) in [5.74, 6) is -0.711. The van der Waals surface area contributed by atoms with Crippen molar-refractivity contribution < 1.29 is 15.0 Å². The molecule has 0 spiro atoms. The van der Waals surface area contributed by atoms with Crippen molar-refractivity contribution in [2.75, 3.05) is 11.5 Å². The number of benzene rings is 2. The number of amides is 1. The van der Waals surface area contributed by atoms with Crippen LogP contribution in [0.15, 0.2) is 66.9 Å². The summed E-state index contributed by atoms with van der Waals surface area (Å²) in [6.45, 7) is 2.96. The van der Waals surface area contributed by atoms with Crippen molar-refractivity contribution in [2.24, 2.45) is 5.92 Å². The highest BCUT2D eigenvalue weighted by Crippen LogP contribution is 2.45. The number of hydrogen-bond acceptors (Lipinski definition) is 5. The van der Waals surface area contributed by atoms with Gasteiger partial charge in [0, 0.05) is 40.8 Å². The quantitative estimate of drug-likeness (QED) is 0.310. The Bertz CT molecular complexity index is 1160. The zero-order valence-corrected chi connectivity index (χ0v) is 20.6. The number of nitrogens with zero attached hydrogens (tertiary/aromatic N) is 4. The maximum Gasteiger partial charge on any atom is 0.264 e. The molecule has 0 aliphatic carbocycles. The van der Waals surface area contributed by atoms with Gasteiger partial charge in [-0.2, -0.15) is 0 Å². The Morgan fingerprint density at radius 1 is 1.21 bits per heavy atom. The van der Waals surface area contributed by atoms with Gasteiger partial charge in [-0.05, 0) is 52.8 Å². The van der Waals surface area contributed by atoms with Crippen LogP contribution in [0, 0.1) is 9.49 Å². The SMILES string of the molecule is C[C@H](/C=C/CCn1cc(CCO)nn1)[C@@]1(O)C(=O)N(Cc2cccc(I)c2)c2ccccc21. The molecule has 1 aliphatic heterocycles. The third-order valence-electron chi connectivity index (χ3n) is 5.97. The molecule has 0 bridgehead atoms. The first kappa shape index (κ1) is 23.6. The summed E-state index contributed by atoms with van der Waals surface area (Å²) in [5, 5.41) is 28.7. The number of aryl methyl sites for hydroxylation is 1. The van der Waals surface area contributed by atoms with Crippen molar-refractivity contribution >= 4 is 34.2 Å². The fraction of sp³-hybridized carbons (Fsp3) is 0.320. The Labute approximate surface area is 206 Å². The van der Waals surface area contributed by atoms with Crippen LogP contribution < -0.4 is 4.90 Å². The molecule has 0 fully saturated rings. The second-order valence-corrected chi connectivity index (χ2v) is 9.50. The predicted octanol–water partition coefficient (Wildman–Crippen LogP) is 3.43. The van der Waals surface area contributed by atoms with Gasteiger partial charge in [-0.25, -0.2) is 0 Å². The molecule has 0 saturated heterocycles. The molecule has 0 radical (unpaired) electrons. The van der Waals surface area contributed by atoms with Gasteiger partial charge in [0.1, 0.15) is 0 Å². The first-order valence-corrected chi connectivity index (χ1v) is 12.1. The van der Waals surface area contributed by atoms with E-state index >= 15 is 0 Å². The minimum atomic E-state index is -1.61. The number of para-hydroxylation sites is 1. The van der Waals surface area contributed by atoms with Crippen molar-refractivity contribution in [3.63, 3.8) is 0 Å². The molecule has 1 amide bonds. The zero-order valence-electron chi connectivity index (χ0n) is 18.4. The van der Waals surface area contributed by atoms with Gasteiger partial charge in [0.15, 0.2) is 5.60 Å². The summed E-state index contributed by atoms with van der Waals surface area (Å²) in [6.07, 6.45) is 6.86. The number of rotatable bonds is 9. The third-order valence-corrected chi connectivity index (χ3v) is 6.64. The van der Waals surface area contributed by atoms with Gasteiger partial charge in [0.05, 0.1) is 17.9 Å². The van der Waals surface area contributed by atoms with Gasteiger partial charge in [-0.3, -0.25) is 9.48 Å². The lowest BCUT2D eigenvalue weighted by Crippen LogP contribution is -2.44. The lowest BCUT2D eigenvalue weighted by molar-refractivity contribution is -0.139. The summed E-state index contributed by atoms with van der Waals surface area (Å²) < 4.78 is 2.83. The second-order valence-electron chi connectivity index (χ2n) is 8.26. The second kappa shape index (κ2) is 10.1. The van der Waals surface area contributed by atoms with Gasteiger partial charge in [0.2, 0.25) is 0 Å². The van der Waals surface area contributed by atoms with E-state index in [1.807, 2.05) is 73.8 Å². The minimum Gasteiger partial charge on any atom is -0.396 e. The number of aliphatic hydroxyl groups excluding tert-OH is 1. The molecule has 2 N–H and O–H groups in total. The normalized spacial score (nSPS) is 18.8. The molecule has 2 aromatic carbocycles. The van der Waals surface area contributed by atoms with E-state index in [0.717, 1.165) is 20.5 Å². The van der Waals surface area contributed by atoms with Crippen LogP contribution in [-0.4, -0.2) is 37.7 Å². The molecule has 7 nitrogen and oxygen atoms in total. The molecule has 1 aromatic heterocycles. The molecule has 1 aliphatic rings. The average molecular weight is 558 g/mol. The van der Waals surface area contributed by atoms with E-state index in [0.29, 0.717) is 31.5 Å². The molecular weight excluding hydrogens is 531 g/mol. The molecule has 8 heteroatoms. The molecule has 33 heavy (non-hydrogen) atoms. The minimum absolute atomic E-state index is 0.0463. The maximum absolute atomic E-state index is 13.5. The Hall–Kier alpha value is -2.56. The van der Waals surface area contributed by atoms with E-state index in [4.69, 9.17) is 5.11 Å². The number of hydrogen-bond donors (Lipinski definition) is 2. The van der Waals surface area contributed by atoms with Crippen LogP contribution in [0.2, 0.25) is 0 Å². The van der Waals surface area contributed by atoms with Crippen molar-refractivity contribution in [3.8, 4) is 0 Å². The average Bonchev–Trinajstić information content (AvgIpc) is 3.34. The van der Waals surface area contributed by atoms with Gasteiger partial charge >= 0.3 is 0 Å². The van der Waals surface area contributed by atoms with Crippen LogP contribution in [0.25, 0.3) is 0 Å². The van der Waals surface area contributed by atoms with E-state index in [9.17, 15) is 9.90 Å². The summed E-state index contributed by atoms with van der Waals surface area (Å²) >= 11 is 2.26. The van der Waals surface area contributed by atoms with E-state index in [1.54, 1.807) is 9.58 Å². The zero-order chi connectivity index (χ0) is 23.4. The van der Waals surface area contributed by atoms with Crippen molar-refractivity contribution in [1.82, 2.24) is 15.0 Å². The number of carbonyl (C=O) groups excluding carboxylic acids is 1. The fourth-order valence-electron chi connectivity index (χ4n) is 4.20. The van der Waals surface area contributed by atoms with Crippen molar-refractivity contribution in [2.45, 2.75) is 38.5 Å². The van der Waals surface area contributed by atoms with Gasteiger partial charge in [0.25, 0.3) is 5.91 Å². The summed E-state index contributed by atoms with van der Waals surface area (Å²) in [7, 11) is 0. The highest BCUT2D eigenvalue weighted by atomic mass is 127.